The van der Waals surface area contributed by atoms with Crippen molar-refractivity contribution in [2.75, 3.05) is 11.9 Å². The molecule has 0 spiro atoms. The van der Waals surface area contributed by atoms with Crippen molar-refractivity contribution in [3.63, 3.8) is 0 Å². The van der Waals surface area contributed by atoms with Gasteiger partial charge in [-0.05, 0) is 99.1 Å². The van der Waals surface area contributed by atoms with Gasteiger partial charge in [0.05, 0.1) is 15.2 Å². The van der Waals surface area contributed by atoms with E-state index in [1.54, 1.807) is 11.3 Å². The van der Waals surface area contributed by atoms with Crippen LogP contribution >= 0.6 is 11.3 Å². The lowest BCUT2D eigenvalue weighted by Gasteiger charge is -2.51. The number of aromatic nitrogens is 4. The van der Waals surface area contributed by atoms with E-state index in [4.69, 9.17) is 9.51 Å². The molecule has 4 fully saturated rings. The summed E-state index contributed by atoms with van der Waals surface area (Å²) in [5, 5.41) is 9.09. The number of nitrogens with one attached hydrogen (secondary N) is 1. The Bertz CT molecular complexity index is 1350. The van der Waals surface area contributed by atoms with Crippen LogP contribution in [0.1, 0.15) is 74.0 Å². The van der Waals surface area contributed by atoms with E-state index < -0.39 is 0 Å². The van der Waals surface area contributed by atoms with Crippen molar-refractivity contribution in [3.8, 4) is 11.1 Å². The van der Waals surface area contributed by atoms with E-state index in [-0.39, 0.29) is 5.41 Å². The zero-order chi connectivity index (χ0) is 22.8. The Morgan fingerprint density at radius 3 is 2.59 bits per heavy atom. The van der Waals surface area contributed by atoms with Gasteiger partial charge in [-0.3, -0.25) is 0 Å². The molecule has 0 aliphatic heterocycles. The maximum atomic E-state index is 5.78. The molecule has 8 rings (SSSR count). The predicted octanol–water partition coefficient (Wildman–Crippen LogP) is 6.63. The average molecular weight is 472 g/mol. The Kier molecular flexibility index (Phi) is 4.60. The molecule has 3 heterocycles. The van der Waals surface area contributed by atoms with Crippen LogP contribution in [0, 0.1) is 12.3 Å². The highest BCUT2D eigenvalue weighted by atomic mass is 32.1. The van der Waals surface area contributed by atoms with Gasteiger partial charge in [0, 0.05) is 24.1 Å². The Hall–Kier alpha value is -2.80. The third kappa shape index (κ3) is 3.52. The molecule has 6 nitrogen and oxygen atoms in total. The van der Waals surface area contributed by atoms with Crippen LogP contribution in [0.3, 0.4) is 0 Å². The van der Waals surface area contributed by atoms with E-state index in [9.17, 15) is 0 Å². The molecular formula is C27H29N5OS. The summed E-state index contributed by atoms with van der Waals surface area (Å²) < 4.78 is 7.01. The van der Waals surface area contributed by atoms with Gasteiger partial charge >= 0.3 is 0 Å². The van der Waals surface area contributed by atoms with E-state index in [0.29, 0.717) is 11.3 Å². The van der Waals surface area contributed by atoms with Crippen LogP contribution in [0.4, 0.5) is 5.82 Å². The van der Waals surface area contributed by atoms with Crippen LogP contribution in [0.2, 0.25) is 0 Å². The van der Waals surface area contributed by atoms with Gasteiger partial charge in [-0.2, -0.15) is 4.98 Å². The topological polar surface area (TPSA) is 76.7 Å². The number of benzene rings is 1. The molecule has 2 bridgehead atoms. The first-order chi connectivity index (χ1) is 16.6. The van der Waals surface area contributed by atoms with E-state index in [0.717, 1.165) is 53.9 Å². The molecule has 0 radical (unpaired) electrons. The fourth-order valence-electron chi connectivity index (χ4n) is 6.01. The third-order valence-electron chi connectivity index (χ3n) is 8.47. The van der Waals surface area contributed by atoms with E-state index in [1.165, 1.54) is 47.9 Å². The van der Waals surface area contributed by atoms with Gasteiger partial charge in [-0.15, -0.1) is 11.3 Å². The summed E-state index contributed by atoms with van der Waals surface area (Å²) in [6.07, 6.45) is 11.4. The molecule has 174 valence electrons. The molecule has 0 atom stereocenters. The number of pyridine rings is 1. The maximum absolute atomic E-state index is 5.78. The standard InChI is InChI=1S/C27H29N5OS/c1-17-30-21-5-4-19(14-22(21)34-17)20-6-13-28-23(15-20)29-16-26-7-10-27(11-8-26,12-9-26)25-31-24(32-33-25)18-2-3-18/h4-6,13-15,18H,2-3,7-12,16H2,1H3,(H,28,29). The van der Waals surface area contributed by atoms with Gasteiger partial charge in [0.2, 0.25) is 5.89 Å². The molecule has 1 aromatic carbocycles. The summed E-state index contributed by atoms with van der Waals surface area (Å²) in [7, 11) is 0. The Labute approximate surface area is 203 Å². The summed E-state index contributed by atoms with van der Waals surface area (Å²) >= 11 is 1.75. The molecule has 7 heteroatoms. The van der Waals surface area contributed by atoms with Crippen molar-refractivity contribution in [2.45, 2.75) is 69.6 Å². The molecule has 4 aliphatic rings. The van der Waals surface area contributed by atoms with Crippen molar-refractivity contribution in [3.05, 3.63) is 53.3 Å². The first-order valence-corrected chi connectivity index (χ1v) is 13.3. The van der Waals surface area contributed by atoms with Crippen molar-refractivity contribution < 1.29 is 4.52 Å². The molecule has 0 saturated heterocycles. The first kappa shape index (κ1) is 20.6. The molecule has 34 heavy (non-hydrogen) atoms. The number of hydrogen-bond donors (Lipinski definition) is 1. The van der Waals surface area contributed by atoms with Gasteiger partial charge in [0.15, 0.2) is 5.82 Å². The predicted molar refractivity (Wildman–Crippen MR) is 134 cm³/mol. The molecule has 0 unspecified atom stereocenters. The average Bonchev–Trinajstić information content (AvgIpc) is 3.47. The van der Waals surface area contributed by atoms with E-state index >= 15 is 0 Å². The van der Waals surface area contributed by atoms with Gasteiger partial charge in [-0.25, -0.2) is 9.97 Å². The Morgan fingerprint density at radius 2 is 1.79 bits per heavy atom. The van der Waals surface area contributed by atoms with Gasteiger partial charge in [0.1, 0.15) is 5.82 Å². The number of nitrogens with zero attached hydrogens (tertiary/aromatic N) is 4. The third-order valence-corrected chi connectivity index (χ3v) is 9.41. The highest BCUT2D eigenvalue weighted by Gasteiger charge is 2.52. The summed E-state index contributed by atoms with van der Waals surface area (Å²) in [6, 6.07) is 10.8. The highest BCUT2D eigenvalue weighted by Crippen LogP contribution is 2.57. The number of rotatable bonds is 6. The minimum atomic E-state index is 0.119. The monoisotopic (exact) mass is 471 g/mol. The number of thiazole rings is 1. The fourth-order valence-corrected chi connectivity index (χ4v) is 6.88. The lowest BCUT2D eigenvalue weighted by Crippen LogP contribution is -2.47. The summed E-state index contributed by atoms with van der Waals surface area (Å²) in [4.78, 5) is 14.0. The first-order valence-electron chi connectivity index (χ1n) is 12.5. The second-order valence-electron chi connectivity index (χ2n) is 10.7. The second-order valence-corrected chi connectivity index (χ2v) is 11.9. The van der Waals surface area contributed by atoms with E-state index in [2.05, 4.69) is 57.7 Å². The molecule has 3 aromatic heterocycles. The molecule has 4 aliphatic carbocycles. The Morgan fingerprint density at radius 1 is 1.00 bits per heavy atom. The zero-order valence-corrected chi connectivity index (χ0v) is 20.3. The van der Waals surface area contributed by atoms with Crippen LogP contribution in [0.5, 0.6) is 0 Å². The maximum Gasteiger partial charge on any atom is 0.232 e. The van der Waals surface area contributed by atoms with E-state index in [1.807, 2.05) is 6.20 Å². The molecule has 1 N–H and O–H groups in total. The van der Waals surface area contributed by atoms with Crippen LogP contribution < -0.4 is 5.32 Å². The normalized spacial score (nSPS) is 26.3. The lowest BCUT2D eigenvalue weighted by molar-refractivity contribution is 0.0321. The van der Waals surface area contributed by atoms with Crippen molar-refractivity contribution in [1.29, 1.82) is 0 Å². The number of hydrogen-bond acceptors (Lipinski definition) is 7. The smallest absolute Gasteiger partial charge is 0.232 e. The van der Waals surface area contributed by atoms with Crippen molar-refractivity contribution in [1.82, 2.24) is 20.1 Å². The summed E-state index contributed by atoms with van der Waals surface area (Å²) in [5.74, 6) is 3.38. The zero-order valence-electron chi connectivity index (χ0n) is 19.5. The van der Waals surface area contributed by atoms with Crippen LogP contribution in [0.15, 0.2) is 41.1 Å². The SMILES string of the molecule is Cc1nc2ccc(-c3ccnc(NCC45CCC(c6nc(C7CC7)no6)(CC4)CC5)c3)cc2s1. The van der Waals surface area contributed by atoms with Crippen LogP contribution in [0.25, 0.3) is 21.3 Å². The van der Waals surface area contributed by atoms with Gasteiger partial charge in [0.25, 0.3) is 0 Å². The Balaban J connectivity index is 1.04. The summed E-state index contributed by atoms with van der Waals surface area (Å²) in [6.45, 7) is 3.04. The highest BCUT2D eigenvalue weighted by molar-refractivity contribution is 7.18. The van der Waals surface area contributed by atoms with Crippen LogP contribution in [-0.4, -0.2) is 26.7 Å². The number of anilines is 1. The minimum absolute atomic E-state index is 0.119. The molecular weight excluding hydrogens is 442 g/mol. The van der Waals surface area contributed by atoms with Crippen molar-refractivity contribution >= 4 is 27.4 Å². The minimum Gasteiger partial charge on any atom is -0.370 e. The quantitative estimate of drug-likeness (QED) is 0.340. The second kappa shape index (κ2) is 7.60. The van der Waals surface area contributed by atoms with Gasteiger partial charge in [-0.1, -0.05) is 11.2 Å². The van der Waals surface area contributed by atoms with Crippen LogP contribution in [-0.2, 0) is 5.41 Å². The largest absolute Gasteiger partial charge is 0.370 e. The van der Waals surface area contributed by atoms with Crippen molar-refractivity contribution in [2.24, 2.45) is 5.41 Å². The molecule has 4 aromatic rings. The fraction of sp³-hybridized carbons (Fsp3) is 0.481. The number of fused-ring (bicyclic) bond motifs is 4. The lowest BCUT2D eigenvalue weighted by atomic mass is 9.53. The molecule has 0 amide bonds. The number of aryl methyl sites for hydroxylation is 1. The summed E-state index contributed by atoms with van der Waals surface area (Å²) in [5.41, 5.74) is 3.95. The molecule has 4 saturated carbocycles. The van der Waals surface area contributed by atoms with Gasteiger partial charge < -0.3 is 9.84 Å².